The first-order chi connectivity index (χ1) is 13.6. The van der Waals surface area contributed by atoms with Gasteiger partial charge in [-0.05, 0) is 42.0 Å². The van der Waals surface area contributed by atoms with E-state index in [4.69, 9.17) is 9.47 Å². The van der Waals surface area contributed by atoms with Gasteiger partial charge in [0.1, 0.15) is 5.75 Å². The van der Waals surface area contributed by atoms with Crippen LogP contribution in [0, 0.1) is 0 Å². The lowest BCUT2D eigenvalue weighted by Gasteiger charge is -2.13. The van der Waals surface area contributed by atoms with E-state index in [1.807, 2.05) is 48.5 Å². The number of aliphatic hydroxyl groups excluding tert-OH is 1. The first-order valence-corrected chi connectivity index (χ1v) is 8.92. The number of carbonyl (C=O) groups excluding carboxylic acids is 1. The molecular weight excluding hydrogens is 358 g/mol. The van der Waals surface area contributed by atoms with E-state index in [1.54, 1.807) is 19.4 Å². The van der Waals surface area contributed by atoms with Crippen LogP contribution in [0.2, 0.25) is 0 Å². The summed E-state index contributed by atoms with van der Waals surface area (Å²) in [5, 5.41) is 16.3. The number of methoxy groups -OCH3 is 1. The van der Waals surface area contributed by atoms with Gasteiger partial charge in [0, 0.05) is 23.8 Å². The van der Waals surface area contributed by atoms with E-state index < -0.39 is 12.1 Å². The normalized spacial score (nSPS) is 11.8. The summed E-state index contributed by atoms with van der Waals surface area (Å²) in [6.45, 7) is 0.579. The van der Waals surface area contributed by atoms with Crippen molar-refractivity contribution >= 4 is 22.6 Å². The molecule has 0 aliphatic carbocycles. The summed E-state index contributed by atoms with van der Waals surface area (Å²) in [5.74, 6) is 0.779. The SMILES string of the molecule is COc1ccc(COCC(O)CNC(=O)Nc2ccc3ncccc3c2)cc1. The Labute approximate surface area is 163 Å². The van der Waals surface area contributed by atoms with E-state index in [0.29, 0.717) is 12.3 Å². The van der Waals surface area contributed by atoms with Crippen molar-refractivity contribution in [3.05, 3.63) is 66.4 Å². The first-order valence-electron chi connectivity index (χ1n) is 8.92. The monoisotopic (exact) mass is 381 g/mol. The Bertz CT molecular complexity index is 915. The molecule has 0 fully saturated rings. The minimum absolute atomic E-state index is 0.0869. The highest BCUT2D eigenvalue weighted by atomic mass is 16.5. The maximum Gasteiger partial charge on any atom is 0.319 e. The quantitative estimate of drug-likeness (QED) is 0.558. The standard InChI is InChI=1S/C21H23N3O4/c1-27-19-7-4-15(5-8-19)13-28-14-18(25)12-23-21(26)24-17-6-9-20-16(11-17)3-2-10-22-20/h2-11,18,25H,12-14H2,1H3,(H2,23,24,26). The van der Waals surface area contributed by atoms with Gasteiger partial charge in [0.15, 0.2) is 0 Å². The molecule has 1 atom stereocenters. The van der Waals surface area contributed by atoms with Gasteiger partial charge in [-0.1, -0.05) is 18.2 Å². The molecule has 0 spiro atoms. The van der Waals surface area contributed by atoms with Gasteiger partial charge in [0.05, 0.1) is 31.9 Å². The molecule has 0 radical (unpaired) electrons. The molecule has 146 valence electrons. The summed E-state index contributed by atoms with van der Waals surface area (Å²) in [7, 11) is 1.61. The average Bonchev–Trinajstić information content (AvgIpc) is 2.73. The highest BCUT2D eigenvalue weighted by Crippen LogP contribution is 2.16. The van der Waals surface area contributed by atoms with Gasteiger partial charge in [-0.25, -0.2) is 4.79 Å². The summed E-state index contributed by atoms with van der Waals surface area (Å²) in [6, 6.07) is 16.3. The maximum absolute atomic E-state index is 12.0. The Kier molecular flexibility index (Phi) is 6.78. The number of amides is 2. The molecule has 2 aromatic carbocycles. The van der Waals surface area contributed by atoms with Gasteiger partial charge >= 0.3 is 6.03 Å². The van der Waals surface area contributed by atoms with E-state index >= 15 is 0 Å². The number of nitrogens with one attached hydrogen (secondary N) is 2. The zero-order chi connectivity index (χ0) is 19.8. The van der Waals surface area contributed by atoms with Gasteiger partial charge in [-0.3, -0.25) is 4.98 Å². The Hall–Kier alpha value is -3.16. The molecule has 7 heteroatoms. The third-order valence-electron chi connectivity index (χ3n) is 4.10. The predicted molar refractivity (Wildman–Crippen MR) is 107 cm³/mol. The molecule has 28 heavy (non-hydrogen) atoms. The second-order valence-electron chi connectivity index (χ2n) is 6.26. The molecule has 1 heterocycles. The lowest BCUT2D eigenvalue weighted by atomic mass is 10.2. The summed E-state index contributed by atoms with van der Waals surface area (Å²) < 4.78 is 10.6. The second kappa shape index (κ2) is 9.68. The van der Waals surface area contributed by atoms with Crippen LogP contribution in [0.25, 0.3) is 10.9 Å². The fraction of sp³-hybridized carbons (Fsp3) is 0.238. The van der Waals surface area contributed by atoms with E-state index in [2.05, 4.69) is 15.6 Å². The average molecular weight is 381 g/mol. The van der Waals surface area contributed by atoms with Crippen LogP contribution in [0.3, 0.4) is 0 Å². The number of anilines is 1. The molecule has 0 bridgehead atoms. The Morgan fingerprint density at radius 3 is 2.79 bits per heavy atom. The smallest absolute Gasteiger partial charge is 0.319 e. The Morgan fingerprint density at radius 2 is 2.00 bits per heavy atom. The third kappa shape index (κ3) is 5.67. The van der Waals surface area contributed by atoms with E-state index in [0.717, 1.165) is 22.2 Å². The number of pyridine rings is 1. The van der Waals surface area contributed by atoms with Crippen LogP contribution in [0.5, 0.6) is 5.75 Å². The Balaban J connectivity index is 1.38. The number of hydrogen-bond donors (Lipinski definition) is 3. The van der Waals surface area contributed by atoms with Gasteiger partial charge in [0.2, 0.25) is 0 Å². The summed E-state index contributed by atoms with van der Waals surface area (Å²) in [4.78, 5) is 16.2. The van der Waals surface area contributed by atoms with Gasteiger partial charge in [0.25, 0.3) is 0 Å². The van der Waals surface area contributed by atoms with Crippen molar-refractivity contribution in [2.75, 3.05) is 25.6 Å². The number of aromatic nitrogens is 1. The fourth-order valence-electron chi connectivity index (χ4n) is 2.63. The van der Waals surface area contributed by atoms with Crippen molar-refractivity contribution in [2.24, 2.45) is 0 Å². The van der Waals surface area contributed by atoms with Crippen molar-refractivity contribution < 1.29 is 19.4 Å². The molecule has 1 unspecified atom stereocenters. The topological polar surface area (TPSA) is 92.7 Å². The number of rotatable bonds is 8. The number of carbonyl (C=O) groups is 1. The molecule has 3 rings (SSSR count). The number of fused-ring (bicyclic) bond motifs is 1. The van der Waals surface area contributed by atoms with Gasteiger partial charge in [-0.2, -0.15) is 0 Å². The number of aliphatic hydroxyl groups is 1. The molecule has 3 N–H and O–H groups in total. The van der Waals surface area contributed by atoms with Crippen LogP contribution in [0.4, 0.5) is 10.5 Å². The van der Waals surface area contributed by atoms with E-state index in [1.165, 1.54) is 0 Å². The largest absolute Gasteiger partial charge is 0.497 e. The highest BCUT2D eigenvalue weighted by molar-refractivity contribution is 5.92. The van der Waals surface area contributed by atoms with Crippen LogP contribution in [-0.4, -0.2) is 42.5 Å². The Morgan fingerprint density at radius 1 is 1.18 bits per heavy atom. The van der Waals surface area contributed by atoms with Crippen molar-refractivity contribution in [3.63, 3.8) is 0 Å². The van der Waals surface area contributed by atoms with Crippen molar-refractivity contribution in [1.82, 2.24) is 10.3 Å². The van der Waals surface area contributed by atoms with Crippen LogP contribution >= 0.6 is 0 Å². The van der Waals surface area contributed by atoms with Crippen LogP contribution in [0.15, 0.2) is 60.8 Å². The molecule has 7 nitrogen and oxygen atoms in total. The molecule has 0 saturated carbocycles. The molecule has 1 aromatic heterocycles. The lowest BCUT2D eigenvalue weighted by molar-refractivity contribution is 0.0302. The molecule has 0 aliphatic heterocycles. The first kappa shape index (κ1) is 19.6. The highest BCUT2D eigenvalue weighted by Gasteiger charge is 2.08. The zero-order valence-electron chi connectivity index (χ0n) is 15.6. The number of urea groups is 1. The predicted octanol–water partition coefficient (Wildman–Crippen LogP) is 2.94. The van der Waals surface area contributed by atoms with Gasteiger partial charge in [-0.15, -0.1) is 0 Å². The van der Waals surface area contributed by atoms with Gasteiger partial charge < -0.3 is 25.2 Å². The van der Waals surface area contributed by atoms with Crippen LogP contribution in [-0.2, 0) is 11.3 Å². The summed E-state index contributed by atoms with van der Waals surface area (Å²) in [6.07, 6.45) is 0.921. The van der Waals surface area contributed by atoms with Crippen molar-refractivity contribution in [2.45, 2.75) is 12.7 Å². The van der Waals surface area contributed by atoms with E-state index in [9.17, 15) is 9.90 Å². The lowest BCUT2D eigenvalue weighted by Crippen LogP contribution is -2.37. The number of ether oxygens (including phenoxy) is 2. The second-order valence-corrected chi connectivity index (χ2v) is 6.26. The number of hydrogen-bond acceptors (Lipinski definition) is 5. The fourth-order valence-corrected chi connectivity index (χ4v) is 2.63. The molecule has 3 aromatic rings. The minimum atomic E-state index is -0.801. The van der Waals surface area contributed by atoms with Crippen molar-refractivity contribution in [3.8, 4) is 5.75 Å². The molecule has 0 aliphatic rings. The zero-order valence-corrected chi connectivity index (χ0v) is 15.6. The van der Waals surface area contributed by atoms with E-state index in [-0.39, 0.29) is 13.2 Å². The number of nitrogens with zero attached hydrogens (tertiary/aromatic N) is 1. The van der Waals surface area contributed by atoms with Crippen molar-refractivity contribution in [1.29, 1.82) is 0 Å². The van der Waals surface area contributed by atoms with Crippen LogP contribution < -0.4 is 15.4 Å². The molecular formula is C21H23N3O4. The molecule has 0 saturated heterocycles. The summed E-state index contributed by atoms with van der Waals surface area (Å²) in [5.41, 5.74) is 2.49. The maximum atomic E-state index is 12.0. The minimum Gasteiger partial charge on any atom is -0.497 e. The number of benzene rings is 2. The van der Waals surface area contributed by atoms with Crippen LogP contribution in [0.1, 0.15) is 5.56 Å². The molecule has 2 amide bonds. The summed E-state index contributed by atoms with van der Waals surface area (Å²) >= 11 is 0. The third-order valence-corrected chi connectivity index (χ3v) is 4.10.